The first-order valence-corrected chi connectivity index (χ1v) is 6.68. The van der Waals surface area contributed by atoms with Crippen molar-refractivity contribution in [1.29, 1.82) is 0 Å². The van der Waals surface area contributed by atoms with Gasteiger partial charge in [0, 0.05) is 5.56 Å². The molecule has 108 valence electrons. The molecule has 3 heteroatoms. The van der Waals surface area contributed by atoms with Gasteiger partial charge in [-0.1, -0.05) is 43.0 Å². The monoisotopic (exact) mass is 282 g/mol. The van der Waals surface area contributed by atoms with E-state index in [2.05, 4.69) is 6.58 Å². The lowest BCUT2D eigenvalue weighted by Crippen LogP contribution is -2.25. The van der Waals surface area contributed by atoms with Gasteiger partial charge in [0.25, 0.3) is 0 Å². The first kappa shape index (κ1) is 14.9. The average molecular weight is 282 g/mol. The highest BCUT2D eigenvalue weighted by Crippen LogP contribution is 2.32. The third kappa shape index (κ3) is 3.31. The molecule has 2 aromatic rings. The first-order chi connectivity index (χ1) is 9.94. The molecule has 0 radical (unpaired) electrons. The number of para-hydroxylation sites is 1. The Morgan fingerprint density at radius 2 is 1.76 bits per heavy atom. The lowest BCUT2D eigenvalue weighted by Gasteiger charge is -2.26. The summed E-state index contributed by atoms with van der Waals surface area (Å²) in [5.41, 5.74) is 1.05. The molecule has 0 atom stereocenters. The minimum absolute atomic E-state index is 0.109. The van der Waals surface area contributed by atoms with Gasteiger partial charge in [0.1, 0.15) is 11.4 Å². The second-order valence-electron chi connectivity index (χ2n) is 5.24. The molecule has 3 nitrogen and oxygen atoms in total. The summed E-state index contributed by atoms with van der Waals surface area (Å²) < 4.78 is 5.54. The molecule has 0 aliphatic heterocycles. The smallest absolute Gasteiger partial charge is 0.338 e. The normalized spacial score (nSPS) is 11.0. The van der Waals surface area contributed by atoms with Gasteiger partial charge in [0.05, 0.1) is 5.56 Å². The molecule has 0 fully saturated rings. The van der Waals surface area contributed by atoms with Gasteiger partial charge in [-0.05, 0) is 37.6 Å². The summed E-state index contributed by atoms with van der Waals surface area (Å²) in [7, 11) is 0. The average Bonchev–Trinajstić information content (AvgIpc) is 2.47. The van der Waals surface area contributed by atoms with Gasteiger partial charge in [-0.3, -0.25) is 0 Å². The molecule has 0 saturated carbocycles. The summed E-state index contributed by atoms with van der Waals surface area (Å²) in [6, 6.07) is 13.8. The fraction of sp³-hybridized carbons (Fsp3) is 0.167. The van der Waals surface area contributed by atoms with Crippen molar-refractivity contribution in [3.05, 3.63) is 71.8 Å². The number of benzene rings is 2. The van der Waals surface area contributed by atoms with Crippen LogP contribution in [-0.2, 0) is 10.3 Å². The number of phenolic OH excluding ortho intramolecular Hbond substituents is 1. The maximum Gasteiger partial charge on any atom is 0.338 e. The molecule has 0 spiro atoms. The molecule has 0 aromatic heterocycles. The van der Waals surface area contributed by atoms with Crippen molar-refractivity contribution in [2.24, 2.45) is 0 Å². The second kappa shape index (κ2) is 5.83. The quantitative estimate of drug-likeness (QED) is 0.858. The van der Waals surface area contributed by atoms with Gasteiger partial charge in [-0.2, -0.15) is 0 Å². The summed E-state index contributed by atoms with van der Waals surface area (Å²) >= 11 is 0. The molecular formula is C18H18O3. The van der Waals surface area contributed by atoms with Crippen molar-refractivity contribution in [3.8, 4) is 5.75 Å². The minimum Gasteiger partial charge on any atom is -0.508 e. The molecule has 0 amide bonds. The van der Waals surface area contributed by atoms with Gasteiger partial charge in [0.15, 0.2) is 0 Å². The number of carbonyl (C=O) groups excluding carboxylic acids is 1. The number of aromatic hydroxyl groups is 1. The number of hydrogen-bond acceptors (Lipinski definition) is 3. The summed E-state index contributed by atoms with van der Waals surface area (Å²) in [5.74, 6) is -0.323. The van der Waals surface area contributed by atoms with Crippen LogP contribution in [0, 0.1) is 0 Å². The Balaban J connectivity index is 2.21. The highest BCUT2D eigenvalue weighted by molar-refractivity contribution is 5.90. The van der Waals surface area contributed by atoms with Crippen LogP contribution >= 0.6 is 0 Å². The van der Waals surface area contributed by atoms with Crippen LogP contribution in [0.2, 0.25) is 0 Å². The highest BCUT2D eigenvalue weighted by Gasteiger charge is 2.28. The summed E-state index contributed by atoms with van der Waals surface area (Å²) in [6.45, 7) is 7.17. The maximum atomic E-state index is 12.2. The molecule has 21 heavy (non-hydrogen) atoms. The van der Waals surface area contributed by atoms with E-state index in [1.54, 1.807) is 68.5 Å². The third-order valence-corrected chi connectivity index (χ3v) is 3.28. The molecule has 2 aromatic carbocycles. The van der Waals surface area contributed by atoms with Gasteiger partial charge in [0.2, 0.25) is 0 Å². The van der Waals surface area contributed by atoms with Crippen LogP contribution in [0.1, 0.15) is 35.3 Å². The van der Waals surface area contributed by atoms with Crippen LogP contribution in [0.15, 0.2) is 55.1 Å². The van der Waals surface area contributed by atoms with Gasteiger partial charge in [-0.25, -0.2) is 4.79 Å². The zero-order chi connectivity index (χ0) is 15.5. The third-order valence-electron chi connectivity index (χ3n) is 3.28. The summed E-state index contributed by atoms with van der Waals surface area (Å²) in [6.07, 6.45) is 1.71. The molecule has 0 aliphatic carbocycles. The van der Waals surface area contributed by atoms with Crippen LogP contribution in [0.3, 0.4) is 0 Å². The Morgan fingerprint density at radius 3 is 2.33 bits per heavy atom. The maximum absolute atomic E-state index is 12.2. The van der Waals surface area contributed by atoms with E-state index in [0.717, 1.165) is 5.56 Å². The molecule has 0 saturated heterocycles. The standard InChI is InChI=1S/C18H18O3/c1-4-13-9-11-14(12-10-13)17(20)21-18(2,3)15-7-5-6-8-16(15)19/h4-12,19H,1H2,2-3H3. The lowest BCUT2D eigenvalue weighted by atomic mass is 9.97. The molecule has 2 rings (SSSR count). The molecule has 0 heterocycles. The van der Waals surface area contributed by atoms with Crippen LogP contribution in [0.5, 0.6) is 5.75 Å². The topological polar surface area (TPSA) is 46.5 Å². The molecule has 0 bridgehead atoms. The van der Waals surface area contributed by atoms with E-state index in [9.17, 15) is 9.90 Å². The number of rotatable bonds is 4. The summed E-state index contributed by atoms with van der Waals surface area (Å²) in [4.78, 5) is 12.2. The van der Waals surface area contributed by atoms with Crippen LogP contribution in [-0.4, -0.2) is 11.1 Å². The van der Waals surface area contributed by atoms with Gasteiger partial charge >= 0.3 is 5.97 Å². The largest absolute Gasteiger partial charge is 0.508 e. The zero-order valence-corrected chi connectivity index (χ0v) is 12.2. The minimum atomic E-state index is -0.917. The number of esters is 1. The van der Waals surface area contributed by atoms with Crippen molar-refractivity contribution >= 4 is 12.0 Å². The summed E-state index contributed by atoms with van der Waals surface area (Å²) in [5, 5.41) is 9.90. The van der Waals surface area contributed by atoms with E-state index in [-0.39, 0.29) is 5.75 Å². The van der Waals surface area contributed by atoms with E-state index in [4.69, 9.17) is 4.74 Å². The van der Waals surface area contributed by atoms with E-state index in [0.29, 0.717) is 11.1 Å². The molecule has 0 aliphatic rings. The molecule has 0 unspecified atom stereocenters. The van der Waals surface area contributed by atoms with Crippen LogP contribution in [0.4, 0.5) is 0 Å². The second-order valence-corrected chi connectivity index (χ2v) is 5.24. The van der Waals surface area contributed by atoms with Crippen molar-refractivity contribution in [2.45, 2.75) is 19.4 Å². The lowest BCUT2D eigenvalue weighted by molar-refractivity contribution is -0.00393. The Kier molecular flexibility index (Phi) is 4.13. The Morgan fingerprint density at radius 1 is 1.14 bits per heavy atom. The predicted octanol–water partition coefficient (Wildman–Crippen LogP) is 4.13. The fourth-order valence-electron chi connectivity index (χ4n) is 2.08. The number of phenols is 1. The highest BCUT2D eigenvalue weighted by atomic mass is 16.6. The van der Waals surface area contributed by atoms with Gasteiger partial charge < -0.3 is 9.84 Å². The van der Waals surface area contributed by atoms with Gasteiger partial charge in [-0.15, -0.1) is 0 Å². The van der Waals surface area contributed by atoms with E-state index in [1.807, 2.05) is 0 Å². The predicted molar refractivity (Wildman–Crippen MR) is 83.1 cm³/mol. The Labute approximate surface area is 124 Å². The number of hydrogen-bond donors (Lipinski definition) is 1. The van der Waals surface area contributed by atoms with Crippen molar-refractivity contribution < 1.29 is 14.6 Å². The molecular weight excluding hydrogens is 264 g/mol. The van der Waals surface area contributed by atoms with Crippen molar-refractivity contribution in [2.75, 3.05) is 0 Å². The van der Waals surface area contributed by atoms with Crippen LogP contribution in [0.25, 0.3) is 6.08 Å². The Bertz CT molecular complexity index is 654. The van der Waals surface area contributed by atoms with Crippen LogP contribution < -0.4 is 0 Å². The van der Waals surface area contributed by atoms with Crippen molar-refractivity contribution in [1.82, 2.24) is 0 Å². The Hall–Kier alpha value is -2.55. The van der Waals surface area contributed by atoms with Crippen molar-refractivity contribution in [3.63, 3.8) is 0 Å². The van der Waals surface area contributed by atoms with E-state index < -0.39 is 11.6 Å². The number of ether oxygens (including phenoxy) is 1. The zero-order valence-electron chi connectivity index (χ0n) is 12.2. The number of carbonyl (C=O) groups is 1. The van der Waals surface area contributed by atoms with E-state index >= 15 is 0 Å². The van der Waals surface area contributed by atoms with E-state index in [1.165, 1.54) is 0 Å². The molecule has 1 N–H and O–H groups in total. The fourth-order valence-corrected chi connectivity index (χ4v) is 2.08. The first-order valence-electron chi connectivity index (χ1n) is 6.68. The SMILES string of the molecule is C=Cc1ccc(C(=O)OC(C)(C)c2ccccc2O)cc1.